The standard InChI is InChI=1S/C21H14ClFN2OS/c22-20-10-9-19(27-20)18-11-16(15-3-1-2-4-17(15)25-18)21(26)24-12-13-5-7-14(23)8-6-13/h1-11H,12H2,(H,24,26). The van der Waals surface area contributed by atoms with E-state index in [-0.39, 0.29) is 11.7 Å². The largest absolute Gasteiger partial charge is 0.348 e. The van der Waals surface area contributed by atoms with Gasteiger partial charge < -0.3 is 5.32 Å². The molecule has 0 radical (unpaired) electrons. The number of thiophene rings is 1. The number of rotatable bonds is 4. The number of carbonyl (C=O) groups is 1. The van der Waals surface area contributed by atoms with Crippen LogP contribution in [0.4, 0.5) is 4.39 Å². The molecule has 1 amide bonds. The summed E-state index contributed by atoms with van der Waals surface area (Å²) in [5, 5.41) is 3.68. The molecule has 1 N–H and O–H groups in total. The van der Waals surface area contributed by atoms with Crippen LogP contribution in [0.15, 0.2) is 66.7 Å². The minimum Gasteiger partial charge on any atom is -0.348 e. The number of nitrogens with zero attached hydrogens (tertiary/aromatic N) is 1. The zero-order chi connectivity index (χ0) is 18.8. The van der Waals surface area contributed by atoms with E-state index in [1.807, 2.05) is 36.4 Å². The topological polar surface area (TPSA) is 42.0 Å². The van der Waals surface area contributed by atoms with Crippen molar-refractivity contribution >= 4 is 39.7 Å². The Morgan fingerprint density at radius 2 is 1.85 bits per heavy atom. The Labute approximate surface area is 164 Å². The lowest BCUT2D eigenvalue weighted by Crippen LogP contribution is -2.23. The van der Waals surface area contributed by atoms with E-state index in [2.05, 4.69) is 10.3 Å². The molecule has 0 spiro atoms. The number of para-hydroxylation sites is 1. The van der Waals surface area contributed by atoms with Gasteiger partial charge in [-0.15, -0.1) is 11.3 Å². The monoisotopic (exact) mass is 396 g/mol. The van der Waals surface area contributed by atoms with E-state index in [9.17, 15) is 9.18 Å². The predicted octanol–water partition coefficient (Wildman–Crippen LogP) is 5.69. The quantitative estimate of drug-likeness (QED) is 0.481. The van der Waals surface area contributed by atoms with Crippen LogP contribution in [0.5, 0.6) is 0 Å². The van der Waals surface area contributed by atoms with Gasteiger partial charge in [0.05, 0.1) is 26.0 Å². The average Bonchev–Trinajstić information content (AvgIpc) is 3.13. The Morgan fingerprint density at radius 1 is 1.07 bits per heavy atom. The molecule has 0 fully saturated rings. The third kappa shape index (κ3) is 3.84. The van der Waals surface area contributed by atoms with Crippen molar-refractivity contribution in [1.29, 1.82) is 0 Å². The Balaban J connectivity index is 1.68. The van der Waals surface area contributed by atoms with Gasteiger partial charge in [0, 0.05) is 11.9 Å². The summed E-state index contributed by atoms with van der Waals surface area (Å²) in [6, 6.07) is 19.1. The molecule has 134 valence electrons. The van der Waals surface area contributed by atoms with Crippen LogP contribution in [0.2, 0.25) is 4.34 Å². The summed E-state index contributed by atoms with van der Waals surface area (Å²) in [6.07, 6.45) is 0. The smallest absolute Gasteiger partial charge is 0.252 e. The fourth-order valence-corrected chi connectivity index (χ4v) is 3.83. The molecule has 4 aromatic rings. The third-order valence-corrected chi connectivity index (χ3v) is 5.41. The number of nitrogens with one attached hydrogen (secondary N) is 1. The first-order chi connectivity index (χ1) is 13.1. The van der Waals surface area contributed by atoms with Gasteiger partial charge in [0.25, 0.3) is 5.91 Å². The molecule has 0 saturated heterocycles. The van der Waals surface area contributed by atoms with Gasteiger partial charge in [-0.1, -0.05) is 41.9 Å². The number of pyridine rings is 1. The first-order valence-electron chi connectivity index (χ1n) is 8.28. The predicted molar refractivity (Wildman–Crippen MR) is 108 cm³/mol. The van der Waals surface area contributed by atoms with E-state index < -0.39 is 0 Å². The van der Waals surface area contributed by atoms with Crippen molar-refractivity contribution in [2.45, 2.75) is 6.54 Å². The fraction of sp³-hybridized carbons (Fsp3) is 0.0476. The van der Waals surface area contributed by atoms with Crippen LogP contribution in [-0.4, -0.2) is 10.9 Å². The normalized spacial score (nSPS) is 10.9. The van der Waals surface area contributed by atoms with Gasteiger partial charge in [0.1, 0.15) is 5.82 Å². The summed E-state index contributed by atoms with van der Waals surface area (Å²) < 4.78 is 13.7. The molecule has 2 aromatic heterocycles. The van der Waals surface area contributed by atoms with Gasteiger partial charge in [-0.25, -0.2) is 9.37 Å². The van der Waals surface area contributed by atoms with E-state index >= 15 is 0 Å². The van der Waals surface area contributed by atoms with E-state index in [0.717, 1.165) is 21.3 Å². The summed E-state index contributed by atoms with van der Waals surface area (Å²) >= 11 is 7.46. The van der Waals surface area contributed by atoms with Crippen molar-refractivity contribution in [2.75, 3.05) is 0 Å². The number of amides is 1. The van der Waals surface area contributed by atoms with Crippen LogP contribution in [0.1, 0.15) is 15.9 Å². The van der Waals surface area contributed by atoms with E-state index in [0.29, 0.717) is 22.1 Å². The zero-order valence-electron chi connectivity index (χ0n) is 14.1. The molecule has 3 nitrogen and oxygen atoms in total. The molecule has 0 aliphatic carbocycles. The molecular weight excluding hydrogens is 383 g/mol. The minimum absolute atomic E-state index is 0.207. The lowest BCUT2D eigenvalue weighted by Gasteiger charge is -2.10. The van der Waals surface area contributed by atoms with Crippen LogP contribution in [0.25, 0.3) is 21.5 Å². The maximum atomic E-state index is 13.0. The van der Waals surface area contributed by atoms with Crippen LogP contribution in [-0.2, 0) is 6.54 Å². The Bertz CT molecular complexity index is 1120. The van der Waals surface area contributed by atoms with E-state index in [4.69, 9.17) is 11.6 Å². The SMILES string of the molecule is O=C(NCc1ccc(F)cc1)c1cc(-c2ccc(Cl)s2)nc2ccccc12. The lowest BCUT2D eigenvalue weighted by molar-refractivity contribution is 0.0952. The molecule has 0 saturated carbocycles. The Kier molecular flexibility index (Phi) is 4.88. The highest BCUT2D eigenvalue weighted by atomic mass is 35.5. The molecule has 0 unspecified atom stereocenters. The van der Waals surface area contributed by atoms with Crippen LogP contribution < -0.4 is 5.32 Å². The highest BCUT2D eigenvalue weighted by molar-refractivity contribution is 7.19. The summed E-state index contributed by atoms with van der Waals surface area (Å²) in [6.45, 7) is 0.315. The van der Waals surface area contributed by atoms with Crippen molar-refractivity contribution in [3.05, 3.63) is 88.0 Å². The number of fused-ring (bicyclic) bond motifs is 1. The molecule has 4 rings (SSSR count). The molecule has 0 aliphatic rings. The van der Waals surface area contributed by atoms with Crippen LogP contribution in [0, 0.1) is 5.82 Å². The molecule has 27 heavy (non-hydrogen) atoms. The van der Waals surface area contributed by atoms with Crippen molar-refractivity contribution in [1.82, 2.24) is 10.3 Å². The second kappa shape index (κ2) is 7.47. The number of aromatic nitrogens is 1. The number of hydrogen-bond donors (Lipinski definition) is 1. The van der Waals surface area contributed by atoms with E-state index in [1.165, 1.54) is 23.5 Å². The second-order valence-electron chi connectivity index (χ2n) is 5.99. The summed E-state index contributed by atoms with van der Waals surface area (Å²) in [5.41, 5.74) is 2.82. The van der Waals surface area contributed by atoms with Crippen LogP contribution in [0.3, 0.4) is 0 Å². The molecular formula is C21H14ClFN2OS. The summed E-state index contributed by atoms with van der Waals surface area (Å²) in [4.78, 5) is 18.4. The molecule has 0 atom stereocenters. The highest BCUT2D eigenvalue weighted by Crippen LogP contribution is 2.32. The van der Waals surface area contributed by atoms with E-state index in [1.54, 1.807) is 18.2 Å². The number of carbonyl (C=O) groups excluding carboxylic acids is 1. The van der Waals surface area contributed by atoms with Gasteiger partial charge >= 0.3 is 0 Å². The summed E-state index contributed by atoms with van der Waals surface area (Å²) in [7, 11) is 0. The molecule has 2 aromatic carbocycles. The summed E-state index contributed by atoms with van der Waals surface area (Å²) in [5.74, 6) is -0.508. The zero-order valence-corrected chi connectivity index (χ0v) is 15.7. The van der Waals surface area contributed by atoms with Gasteiger partial charge in [-0.05, 0) is 42.0 Å². The van der Waals surface area contributed by atoms with Gasteiger partial charge in [-0.3, -0.25) is 4.79 Å². The Hall–Kier alpha value is -2.76. The Morgan fingerprint density at radius 3 is 2.59 bits per heavy atom. The van der Waals surface area contributed by atoms with Crippen molar-refractivity contribution in [3.8, 4) is 10.6 Å². The number of halogens is 2. The first kappa shape index (κ1) is 17.6. The fourth-order valence-electron chi connectivity index (χ4n) is 2.82. The van der Waals surface area contributed by atoms with Gasteiger partial charge in [0.2, 0.25) is 0 Å². The average molecular weight is 397 g/mol. The van der Waals surface area contributed by atoms with Gasteiger partial charge in [0.15, 0.2) is 0 Å². The maximum Gasteiger partial charge on any atom is 0.252 e. The lowest BCUT2D eigenvalue weighted by atomic mass is 10.1. The molecule has 2 heterocycles. The van der Waals surface area contributed by atoms with Gasteiger partial charge in [-0.2, -0.15) is 0 Å². The van der Waals surface area contributed by atoms with Crippen LogP contribution >= 0.6 is 22.9 Å². The maximum absolute atomic E-state index is 13.0. The molecule has 0 bridgehead atoms. The number of hydrogen-bond acceptors (Lipinski definition) is 3. The minimum atomic E-state index is -0.301. The number of benzene rings is 2. The third-order valence-electron chi connectivity index (χ3n) is 4.15. The second-order valence-corrected chi connectivity index (χ2v) is 7.70. The molecule has 6 heteroatoms. The first-order valence-corrected chi connectivity index (χ1v) is 9.48. The van der Waals surface area contributed by atoms with Crippen molar-refractivity contribution < 1.29 is 9.18 Å². The van der Waals surface area contributed by atoms with Crippen molar-refractivity contribution in [2.24, 2.45) is 0 Å². The molecule has 0 aliphatic heterocycles. The van der Waals surface area contributed by atoms with Crippen molar-refractivity contribution in [3.63, 3.8) is 0 Å². The highest BCUT2D eigenvalue weighted by Gasteiger charge is 2.14.